The molecule has 1 rings (SSSR count). The highest BCUT2D eigenvalue weighted by Gasteiger charge is 2.34. The Balaban J connectivity index is 3.28. The van der Waals surface area contributed by atoms with Gasteiger partial charge < -0.3 is 5.32 Å². The summed E-state index contributed by atoms with van der Waals surface area (Å²) < 4.78 is 64.2. The minimum absolute atomic E-state index is 0.112. The Bertz CT molecular complexity index is 753. The van der Waals surface area contributed by atoms with Gasteiger partial charge in [0.1, 0.15) is 6.04 Å². The van der Waals surface area contributed by atoms with Crippen LogP contribution in [0.5, 0.6) is 0 Å². The van der Waals surface area contributed by atoms with Crippen molar-refractivity contribution in [2.24, 2.45) is 11.8 Å². The molecule has 1 aromatic carbocycles. The first-order chi connectivity index (χ1) is 12.2. The number of carbonyl (C=O) groups is 1. The third-order valence-electron chi connectivity index (χ3n) is 4.26. The number of sulfonamides is 1. The van der Waals surface area contributed by atoms with Crippen molar-refractivity contribution in [2.45, 2.75) is 52.9 Å². The van der Waals surface area contributed by atoms with E-state index in [0.29, 0.717) is 0 Å². The van der Waals surface area contributed by atoms with E-state index in [9.17, 15) is 26.4 Å². The second kappa shape index (κ2) is 8.50. The van der Waals surface area contributed by atoms with Crippen LogP contribution in [0.4, 0.5) is 18.9 Å². The number of amides is 1. The van der Waals surface area contributed by atoms with Gasteiger partial charge in [0.2, 0.25) is 15.9 Å². The summed E-state index contributed by atoms with van der Waals surface area (Å²) in [6.07, 6.45) is -3.76. The molecule has 1 aromatic rings. The van der Waals surface area contributed by atoms with Crippen molar-refractivity contribution >= 4 is 21.6 Å². The van der Waals surface area contributed by atoms with Crippen LogP contribution in [0.1, 0.15) is 40.2 Å². The van der Waals surface area contributed by atoms with Gasteiger partial charge >= 0.3 is 6.18 Å². The molecule has 1 N–H and O–H groups in total. The standard InChI is InChI=1S/C18H27F3N2O3S/c1-11(2)16(12(3)4)22-17(24)13(5)23(27(6,25)26)15-9-7-8-14(10-15)18(19,20)21/h7-13,16H,1-6H3,(H,22,24)/t13-/m1/s1. The molecule has 27 heavy (non-hydrogen) atoms. The van der Waals surface area contributed by atoms with Crippen molar-refractivity contribution in [2.75, 3.05) is 10.6 Å². The van der Waals surface area contributed by atoms with Crippen LogP contribution < -0.4 is 9.62 Å². The molecule has 0 spiro atoms. The van der Waals surface area contributed by atoms with Gasteiger partial charge in [0.05, 0.1) is 17.5 Å². The normalized spacial score (nSPS) is 13.9. The smallest absolute Gasteiger partial charge is 0.351 e. The van der Waals surface area contributed by atoms with E-state index < -0.39 is 33.7 Å². The predicted octanol–water partition coefficient (Wildman–Crippen LogP) is 3.66. The molecule has 0 saturated heterocycles. The first-order valence-corrected chi connectivity index (χ1v) is 10.5. The minimum atomic E-state index is -4.62. The summed E-state index contributed by atoms with van der Waals surface area (Å²) in [6, 6.07) is 2.54. The summed E-state index contributed by atoms with van der Waals surface area (Å²) in [6.45, 7) is 9.06. The maximum atomic E-state index is 13.0. The van der Waals surface area contributed by atoms with E-state index in [-0.39, 0.29) is 23.6 Å². The predicted molar refractivity (Wildman–Crippen MR) is 99.8 cm³/mol. The van der Waals surface area contributed by atoms with Crippen molar-refractivity contribution in [3.63, 3.8) is 0 Å². The van der Waals surface area contributed by atoms with E-state index in [0.717, 1.165) is 28.8 Å². The molecule has 0 aliphatic carbocycles. The molecule has 0 aliphatic heterocycles. The van der Waals surface area contributed by atoms with Gasteiger partial charge in [0.25, 0.3) is 0 Å². The molecule has 9 heteroatoms. The zero-order chi connectivity index (χ0) is 21.2. The minimum Gasteiger partial charge on any atom is -0.351 e. The van der Waals surface area contributed by atoms with Crippen molar-refractivity contribution < 1.29 is 26.4 Å². The third-order valence-corrected chi connectivity index (χ3v) is 5.50. The molecule has 0 aromatic heterocycles. The molecular formula is C18H27F3N2O3S. The Labute approximate surface area is 159 Å². The highest BCUT2D eigenvalue weighted by atomic mass is 32.2. The highest BCUT2D eigenvalue weighted by Crippen LogP contribution is 2.32. The zero-order valence-corrected chi connectivity index (χ0v) is 17.1. The number of hydrogen-bond acceptors (Lipinski definition) is 3. The lowest BCUT2D eigenvalue weighted by atomic mass is 9.93. The van der Waals surface area contributed by atoms with Crippen LogP contribution in [-0.2, 0) is 21.0 Å². The molecule has 5 nitrogen and oxygen atoms in total. The number of benzene rings is 1. The highest BCUT2D eigenvalue weighted by molar-refractivity contribution is 7.92. The van der Waals surface area contributed by atoms with E-state index in [1.807, 2.05) is 27.7 Å². The lowest BCUT2D eigenvalue weighted by molar-refractivity contribution is -0.137. The van der Waals surface area contributed by atoms with Gasteiger partial charge in [-0.1, -0.05) is 33.8 Å². The van der Waals surface area contributed by atoms with Gasteiger partial charge in [-0.3, -0.25) is 9.10 Å². The number of nitrogens with zero attached hydrogens (tertiary/aromatic N) is 1. The monoisotopic (exact) mass is 408 g/mol. The molecule has 0 bridgehead atoms. The Morgan fingerprint density at radius 2 is 1.59 bits per heavy atom. The maximum absolute atomic E-state index is 13.0. The van der Waals surface area contributed by atoms with Crippen LogP contribution in [0.25, 0.3) is 0 Å². The Morgan fingerprint density at radius 1 is 1.07 bits per heavy atom. The summed E-state index contributed by atoms with van der Waals surface area (Å²) in [5.41, 5.74) is -1.19. The van der Waals surface area contributed by atoms with Gasteiger partial charge in [0.15, 0.2) is 0 Å². The summed E-state index contributed by atoms with van der Waals surface area (Å²) in [4.78, 5) is 12.7. The summed E-state index contributed by atoms with van der Waals surface area (Å²) in [5.74, 6) is -0.340. The Hall–Kier alpha value is -1.77. The lowest BCUT2D eigenvalue weighted by Gasteiger charge is -2.32. The van der Waals surface area contributed by atoms with E-state index in [1.165, 1.54) is 13.0 Å². The first-order valence-electron chi connectivity index (χ1n) is 8.63. The number of carbonyl (C=O) groups excluding carboxylic acids is 1. The zero-order valence-electron chi connectivity index (χ0n) is 16.3. The molecule has 1 atom stereocenters. The topological polar surface area (TPSA) is 66.5 Å². The Kier molecular flexibility index (Phi) is 7.32. The largest absolute Gasteiger partial charge is 0.416 e. The van der Waals surface area contributed by atoms with Crippen LogP contribution in [0, 0.1) is 11.8 Å². The van der Waals surface area contributed by atoms with Crippen molar-refractivity contribution in [1.82, 2.24) is 5.32 Å². The molecule has 1 amide bonds. The van der Waals surface area contributed by atoms with Crippen molar-refractivity contribution in [3.05, 3.63) is 29.8 Å². The molecule has 0 heterocycles. The summed E-state index contributed by atoms with van der Waals surface area (Å²) in [7, 11) is -4.00. The van der Waals surface area contributed by atoms with E-state index in [4.69, 9.17) is 0 Å². The average Bonchev–Trinajstić information content (AvgIpc) is 2.49. The van der Waals surface area contributed by atoms with Crippen molar-refractivity contribution in [1.29, 1.82) is 0 Å². The lowest BCUT2D eigenvalue weighted by Crippen LogP contribution is -2.52. The van der Waals surface area contributed by atoms with Gasteiger partial charge in [0, 0.05) is 6.04 Å². The van der Waals surface area contributed by atoms with E-state index >= 15 is 0 Å². The number of halogens is 3. The van der Waals surface area contributed by atoms with Gasteiger partial charge in [-0.15, -0.1) is 0 Å². The molecule has 0 saturated carbocycles. The quantitative estimate of drug-likeness (QED) is 0.749. The molecule has 0 aliphatic rings. The average molecular weight is 408 g/mol. The van der Waals surface area contributed by atoms with Gasteiger partial charge in [-0.25, -0.2) is 8.42 Å². The van der Waals surface area contributed by atoms with Crippen LogP contribution in [0.2, 0.25) is 0 Å². The number of alkyl halides is 3. The van der Waals surface area contributed by atoms with Crippen LogP contribution in [-0.4, -0.2) is 32.7 Å². The third kappa shape index (κ3) is 6.12. The number of nitrogens with one attached hydrogen (secondary N) is 1. The Morgan fingerprint density at radius 3 is 2.00 bits per heavy atom. The first kappa shape index (κ1) is 23.3. The molecule has 154 valence electrons. The molecule has 0 unspecified atom stereocenters. The van der Waals surface area contributed by atoms with E-state index in [2.05, 4.69) is 5.32 Å². The van der Waals surface area contributed by atoms with Gasteiger partial charge in [-0.2, -0.15) is 13.2 Å². The maximum Gasteiger partial charge on any atom is 0.416 e. The molecule has 0 fully saturated rings. The fourth-order valence-electron chi connectivity index (χ4n) is 3.02. The van der Waals surface area contributed by atoms with E-state index in [1.54, 1.807) is 0 Å². The fourth-order valence-corrected chi connectivity index (χ4v) is 4.18. The fraction of sp³-hybridized carbons (Fsp3) is 0.611. The van der Waals surface area contributed by atoms with Crippen LogP contribution in [0.3, 0.4) is 0 Å². The summed E-state index contributed by atoms with van der Waals surface area (Å²) >= 11 is 0. The number of hydrogen-bond donors (Lipinski definition) is 1. The summed E-state index contributed by atoms with van der Waals surface area (Å²) in [5, 5.41) is 2.82. The number of anilines is 1. The molecular weight excluding hydrogens is 381 g/mol. The second-order valence-corrected chi connectivity index (χ2v) is 9.16. The SMILES string of the molecule is CC(C)C(NC(=O)[C@@H](C)N(c1cccc(C(F)(F)F)c1)S(C)(=O)=O)C(C)C. The van der Waals surface area contributed by atoms with Crippen LogP contribution >= 0.6 is 0 Å². The van der Waals surface area contributed by atoms with Crippen molar-refractivity contribution in [3.8, 4) is 0 Å². The number of rotatable bonds is 7. The van der Waals surface area contributed by atoms with Gasteiger partial charge in [-0.05, 0) is 37.0 Å². The van der Waals surface area contributed by atoms with Crippen LogP contribution in [0.15, 0.2) is 24.3 Å². The second-order valence-electron chi connectivity index (χ2n) is 7.31. The molecule has 0 radical (unpaired) electrons.